The maximum absolute atomic E-state index is 12.0. The largest absolute Gasteiger partial charge is 0.280 e. The lowest BCUT2D eigenvalue weighted by Gasteiger charge is -2.24. The van der Waals surface area contributed by atoms with Gasteiger partial charge in [-0.1, -0.05) is 17.4 Å². The first-order valence-corrected chi connectivity index (χ1v) is 4.10. The predicted octanol–water partition coefficient (Wildman–Crippen LogP) is 1.64. The van der Waals surface area contributed by atoms with E-state index in [9.17, 15) is 4.39 Å². The van der Waals surface area contributed by atoms with Gasteiger partial charge < -0.3 is 0 Å². The van der Waals surface area contributed by atoms with E-state index in [0.29, 0.717) is 0 Å². The van der Waals surface area contributed by atoms with E-state index in [2.05, 4.69) is 18.2 Å². The molecule has 0 heterocycles. The fourth-order valence-electron chi connectivity index (χ4n) is 0.355. The number of halogens is 1. The van der Waals surface area contributed by atoms with Crippen LogP contribution in [0.5, 0.6) is 0 Å². The third kappa shape index (κ3) is 3.89. The van der Waals surface area contributed by atoms with E-state index in [1.807, 2.05) is 0 Å². The number of aliphatic imine (C=N–C) groups is 1. The minimum absolute atomic E-state index is 0.412. The molecule has 0 aromatic carbocycles. The summed E-state index contributed by atoms with van der Waals surface area (Å²) >= 11 is 0. The highest BCUT2D eigenvalue weighted by molar-refractivity contribution is 8.35. The molecule has 4 nitrogen and oxygen atoms in total. The molecule has 0 aliphatic heterocycles. The molecule has 0 amide bonds. The number of nitrogens with zero attached hydrogens (tertiary/aromatic N) is 1. The highest BCUT2D eigenvalue weighted by atomic mass is 32.3. The molecular formula is C5H9FN2O2S. The van der Waals surface area contributed by atoms with Gasteiger partial charge in [0.25, 0.3) is 0 Å². The molecular weight excluding hydrogens is 171 g/mol. The van der Waals surface area contributed by atoms with Crippen molar-refractivity contribution in [2.24, 2.45) is 10.1 Å². The molecule has 0 fully saturated rings. The van der Waals surface area contributed by atoms with Gasteiger partial charge in [-0.3, -0.25) is 9.11 Å². The Balaban J connectivity index is 4.68. The van der Waals surface area contributed by atoms with E-state index in [-0.39, 0.29) is 0 Å². The van der Waals surface area contributed by atoms with Crippen LogP contribution in [0.1, 0.15) is 0 Å². The van der Waals surface area contributed by atoms with Gasteiger partial charge in [0.2, 0.25) is 5.95 Å². The average Bonchev–Trinajstić information content (AvgIpc) is 1.79. The molecule has 0 spiro atoms. The van der Waals surface area contributed by atoms with Crippen molar-refractivity contribution in [1.82, 2.24) is 0 Å². The summed E-state index contributed by atoms with van der Waals surface area (Å²) in [6, 6.07) is 0. The molecule has 0 aromatic heterocycles. The zero-order chi connectivity index (χ0) is 9.07. The van der Waals surface area contributed by atoms with Gasteiger partial charge in [0, 0.05) is 0 Å². The summed E-state index contributed by atoms with van der Waals surface area (Å²) in [5, 5.41) is 4.41. The monoisotopic (exact) mass is 180 g/mol. The van der Waals surface area contributed by atoms with Crippen molar-refractivity contribution in [2.75, 3.05) is 0 Å². The molecule has 4 N–H and O–H groups in total. The maximum Gasteiger partial charge on any atom is 0.207 e. The summed E-state index contributed by atoms with van der Waals surface area (Å²) < 4.78 is 29.4. The predicted molar refractivity (Wildman–Crippen MR) is 44.9 cm³/mol. The van der Waals surface area contributed by atoms with Crippen molar-refractivity contribution in [3.05, 3.63) is 25.2 Å². The third-order valence-corrected chi connectivity index (χ3v) is 1.59. The Hall–Kier alpha value is -0.690. The summed E-state index contributed by atoms with van der Waals surface area (Å²) in [7, 11) is -3.48. The van der Waals surface area contributed by atoms with Gasteiger partial charge in [0.1, 0.15) is 0 Å². The molecule has 11 heavy (non-hydrogen) atoms. The first kappa shape index (κ1) is 10.3. The number of nitrogens with two attached hydrogens (primary N) is 1. The van der Waals surface area contributed by atoms with Gasteiger partial charge >= 0.3 is 0 Å². The second-order valence-electron chi connectivity index (χ2n) is 1.62. The maximum atomic E-state index is 12.0. The Kier molecular flexibility index (Phi) is 3.40. The highest BCUT2D eigenvalue weighted by Gasteiger charge is 2.11. The summed E-state index contributed by atoms with van der Waals surface area (Å²) in [6.45, 7) is 5.95. The van der Waals surface area contributed by atoms with Crippen LogP contribution in [0.25, 0.3) is 0 Å². The molecule has 6 heteroatoms. The Morgan fingerprint density at radius 1 is 1.64 bits per heavy atom. The van der Waals surface area contributed by atoms with Crippen LogP contribution in [0.3, 0.4) is 0 Å². The average molecular weight is 180 g/mol. The zero-order valence-electron chi connectivity index (χ0n) is 5.70. The minimum atomic E-state index is -3.48. The molecule has 64 valence electrons. The lowest BCUT2D eigenvalue weighted by atomic mass is 10.7. The molecule has 0 saturated heterocycles. The van der Waals surface area contributed by atoms with Gasteiger partial charge in [0.05, 0.1) is 0 Å². The van der Waals surface area contributed by atoms with E-state index >= 15 is 0 Å². The molecule has 0 aliphatic rings. The SMILES string of the molecule is C=C/C(=N\C(=C)F)S(N)(O)O. The first-order chi connectivity index (χ1) is 4.88. The Morgan fingerprint density at radius 2 is 2.09 bits per heavy atom. The van der Waals surface area contributed by atoms with Crippen LogP contribution in [-0.4, -0.2) is 14.1 Å². The molecule has 0 rings (SSSR count). The lowest BCUT2D eigenvalue weighted by Crippen LogP contribution is -2.17. The fourth-order valence-corrected chi connectivity index (χ4v) is 0.834. The van der Waals surface area contributed by atoms with Crippen molar-refractivity contribution in [3.63, 3.8) is 0 Å². The van der Waals surface area contributed by atoms with Crippen molar-refractivity contribution < 1.29 is 13.5 Å². The van der Waals surface area contributed by atoms with Gasteiger partial charge in [-0.05, 0) is 12.7 Å². The van der Waals surface area contributed by atoms with Crippen LogP contribution in [0.4, 0.5) is 4.39 Å². The standard InChI is InChI=1S/C5H9FN2O2S/c1-3-5(8-4(2)6)11(7,9)10/h3,9-10H,1-2,7H2/b8-5+. The molecule has 0 unspecified atom stereocenters. The van der Waals surface area contributed by atoms with E-state index < -0.39 is 21.8 Å². The summed E-state index contributed by atoms with van der Waals surface area (Å²) in [6.07, 6.45) is 0.958. The van der Waals surface area contributed by atoms with Gasteiger partial charge in [-0.15, -0.1) is 0 Å². The zero-order valence-corrected chi connectivity index (χ0v) is 6.51. The third-order valence-electron chi connectivity index (χ3n) is 0.714. The summed E-state index contributed by atoms with van der Waals surface area (Å²) in [4.78, 5) is 3.02. The van der Waals surface area contributed by atoms with Crippen LogP contribution < -0.4 is 5.14 Å². The van der Waals surface area contributed by atoms with E-state index in [1.165, 1.54) is 0 Å². The Labute approximate surface area is 65.4 Å². The highest BCUT2D eigenvalue weighted by Crippen LogP contribution is 2.31. The number of hydrogen-bond acceptors (Lipinski definition) is 4. The molecule has 0 saturated carbocycles. The van der Waals surface area contributed by atoms with Crippen molar-refractivity contribution >= 4 is 15.8 Å². The summed E-state index contributed by atoms with van der Waals surface area (Å²) in [5.74, 6) is -1.05. The van der Waals surface area contributed by atoms with E-state index in [0.717, 1.165) is 6.08 Å². The lowest BCUT2D eigenvalue weighted by molar-refractivity contribution is 0.505. The number of hydrogen-bond donors (Lipinski definition) is 3. The fraction of sp³-hybridized carbons (Fsp3) is 0. The topological polar surface area (TPSA) is 78.8 Å². The molecule has 0 radical (unpaired) electrons. The Morgan fingerprint density at radius 3 is 2.18 bits per heavy atom. The van der Waals surface area contributed by atoms with Crippen LogP contribution in [0, 0.1) is 0 Å². The quantitative estimate of drug-likeness (QED) is 0.343. The normalized spacial score (nSPS) is 14.4. The second-order valence-corrected chi connectivity index (χ2v) is 3.23. The van der Waals surface area contributed by atoms with Gasteiger partial charge in [-0.2, -0.15) is 4.39 Å². The second kappa shape index (κ2) is 3.63. The number of rotatable bonds is 2. The Bertz CT molecular complexity index is 209. The van der Waals surface area contributed by atoms with Crippen molar-refractivity contribution in [2.45, 2.75) is 0 Å². The molecule has 0 atom stereocenters. The van der Waals surface area contributed by atoms with Crippen LogP contribution in [0.2, 0.25) is 0 Å². The summed E-state index contributed by atoms with van der Waals surface area (Å²) in [5.41, 5.74) is 0. The molecule has 0 bridgehead atoms. The van der Waals surface area contributed by atoms with Crippen molar-refractivity contribution in [1.29, 1.82) is 0 Å². The molecule has 0 aromatic rings. The van der Waals surface area contributed by atoms with Crippen molar-refractivity contribution in [3.8, 4) is 0 Å². The van der Waals surface area contributed by atoms with Gasteiger partial charge in [-0.25, -0.2) is 10.1 Å². The molecule has 0 aliphatic carbocycles. The van der Waals surface area contributed by atoms with Crippen LogP contribution in [0.15, 0.2) is 30.2 Å². The van der Waals surface area contributed by atoms with Gasteiger partial charge in [0.15, 0.2) is 5.04 Å². The van der Waals surface area contributed by atoms with E-state index in [1.54, 1.807) is 0 Å². The first-order valence-electron chi connectivity index (χ1n) is 2.49. The smallest absolute Gasteiger partial charge is 0.207 e. The van der Waals surface area contributed by atoms with E-state index in [4.69, 9.17) is 14.2 Å². The minimum Gasteiger partial charge on any atom is -0.280 e. The van der Waals surface area contributed by atoms with Crippen LogP contribution in [-0.2, 0) is 0 Å². The van der Waals surface area contributed by atoms with Crippen LogP contribution >= 0.6 is 10.8 Å².